The van der Waals surface area contributed by atoms with Gasteiger partial charge in [0.05, 0.1) is 12.1 Å². The number of nitrogens with two attached hydrogens (primary N) is 1. The van der Waals surface area contributed by atoms with E-state index in [-0.39, 0.29) is 17.9 Å². The highest BCUT2D eigenvalue weighted by molar-refractivity contribution is 5.79. The average Bonchev–Trinajstić information content (AvgIpc) is 2.68. The molecule has 0 aliphatic carbocycles. The minimum atomic E-state index is -0.281. The topological polar surface area (TPSA) is 75.4 Å². The van der Waals surface area contributed by atoms with E-state index in [1.165, 1.54) is 0 Å². The van der Waals surface area contributed by atoms with E-state index in [9.17, 15) is 4.79 Å². The number of nitrogens with zero attached hydrogens (tertiary/aromatic N) is 4. The highest BCUT2D eigenvalue weighted by atomic mass is 16.2. The first-order chi connectivity index (χ1) is 11.7. The monoisotopic (exact) mass is 325 g/mol. The number of carbonyl (C=O) groups is 1. The largest absolute Gasteiger partial charge is 0.352 e. The zero-order valence-electron chi connectivity index (χ0n) is 13.9. The van der Waals surface area contributed by atoms with Gasteiger partial charge in [-0.05, 0) is 5.56 Å². The van der Waals surface area contributed by atoms with Crippen LogP contribution in [0.15, 0.2) is 48.9 Å². The molecular formula is C18H23N5O. The molecule has 1 saturated heterocycles. The van der Waals surface area contributed by atoms with Gasteiger partial charge in [-0.25, -0.2) is 4.98 Å². The zero-order valence-corrected chi connectivity index (χ0v) is 13.9. The van der Waals surface area contributed by atoms with Crippen LogP contribution in [0.4, 0.5) is 5.82 Å². The standard InChI is InChI=1S/C18H23N5O/c1-14(17(19)15-5-3-2-4-6-15)18(24)23-11-9-22(10-12-23)16-13-20-7-8-21-16/h2-8,13-14,17H,9-12,19H2,1H3. The minimum Gasteiger partial charge on any atom is -0.352 e. The normalized spacial score (nSPS) is 17.4. The summed E-state index contributed by atoms with van der Waals surface area (Å²) in [5.74, 6) is 0.735. The molecule has 0 saturated carbocycles. The van der Waals surface area contributed by atoms with Gasteiger partial charge in [0.1, 0.15) is 5.82 Å². The molecule has 1 aromatic carbocycles. The highest BCUT2D eigenvalue weighted by Gasteiger charge is 2.29. The minimum absolute atomic E-state index is 0.116. The van der Waals surface area contributed by atoms with Gasteiger partial charge in [-0.15, -0.1) is 0 Å². The fourth-order valence-electron chi connectivity index (χ4n) is 3.02. The number of anilines is 1. The van der Waals surface area contributed by atoms with Crippen molar-refractivity contribution in [3.05, 3.63) is 54.5 Å². The van der Waals surface area contributed by atoms with Crippen molar-refractivity contribution in [2.45, 2.75) is 13.0 Å². The molecule has 2 heterocycles. The van der Waals surface area contributed by atoms with Crippen LogP contribution in [0.3, 0.4) is 0 Å². The van der Waals surface area contributed by atoms with Gasteiger partial charge in [-0.2, -0.15) is 0 Å². The molecule has 2 N–H and O–H groups in total. The number of amides is 1. The Hall–Kier alpha value is -2.47. The summed E-state index contributed by atoms with van der Waals surface area (Å²) in [6.07, 6.45) is 5.11. The van der Waals surface area contributed by atoms with Crippen LogP contribution in [0.1, 0.15) is 18.5 Å². The van der Waals surface area contributed by atoms with Crippen LogP contribution in [-0.2, 0) is 4.79 Å². The first-order valence-electron chi connectivity index (χ1n) is 8.27. The molecule has 1 aromatic heterocycles. The third kappa shape index (κ3) is 3.54. The number of piperazine rings is 1. The van der Waals surface area contributed by atoms with Gasteiger partial charge >= 0.3 is 0 Å². The maximum Gasteiger partial charge on any atom is 0.227 e. The number of hydrogen-bond acceptors (Lipinski definition) is 5. The molecule has 1 fully saturated rings. The summed E-state index contributed by atoms with van der Waals surface area (Å²) >= 11 is 0. The quantitative estimate of drug-likeness (QED) is 0.921. The Labute approximate surface area is 142 Å². The molecule has 6 nitrogen and oxygen atoms in total. The van der Waals surface area contributed by atoms with Gasteiger partial charge in [0, 0.05) is 44.6 Å². The first kappa shape index (κ1) is 16.4. The molecule has 2 unspecified atom stereocenters. The van der Waals surface area contributed by atoms with E-state index in [2.05, 4.69) is 14.9 Å². The number of carbonyl (C=O) groups excluding carboxylic acids is 1. The van der Waals surface area contributed by atoms with Crippen LogP contribution < -0.4 is 10.6 Å². The Balaban J connectivity index is 1.59. The summed E-state index contributed by atoms with van der Waals surface area (Å²) in [5.41, 5.74) is 7.29. The summed E-state index contributed by atoms with van der Waals surface area (Å²) in [4.78, 5) is 25.2. The lowest BCUT2D eigenvalue weighted by atomic mass is 9.94. The van der Waals surface area contributed by atoms with Crippen molar-refractivity contribution in [3.63, 3.8) is 0 Å². The SMILES string of the molecule is CC(C(=O)N1CCN(c2cnccn2)CC1)C(N)c1ccccc1. The molecule has 0 bridgehead atoms. The van der Waals surface area contributed by atoms with Crippen LogP contribution in [0.2, 0.25) is 0 Å². The van der Waals surface area contributed by atoms with Crippen LogP contribution in [0.5, 0.6) is 0 Å². The van der Waals surface area contributed by atoms with Crippen LogP contribution in [0.25, 0.3) is 0 Å². The zero-order chi connectivity index (χ0) is 16.9. The van der Waals surface area contributed by atoms with E-state index in [1.807, 2.05) is 42.2 Å². The van der Waals surface area contributed by atoms with Crippen molar-refractivity contribution in [3.8, 4) is 0 Å². The van der Waals surface area contributed by atoms with Crippen LogP contribution in [-0.4, -0.2) is 47.0 Å². The molecule has 2 atom stereocenters. The molecule has 1 aliphatic heterocycles. The van der Waals surface area contributed by atoms with Gasteiger partial charge < -0.3 is 15.5 Å². The summed E-state index contributed by atoms with van der Waals surface area (Å²) in [7, 11) is 0. The number of aromatic nitrogens is 2. The third-order valence-corrected chi connectivity index (χ3v) is 4.58. The third-order valence-electron chi connectivity index (χ3n) is 4.58. The summed E-state index contributed by atoms with van der Waals surface area (Å²) in [6.45, 7) is 4.80. The van der Waals surface area contributed by atoms with E-state index in [1.54, 1.807) is 18.6 Å². The molecule has 1 amide bonds. The second-order valence-corrected chi connectivity index (χ2v) is 6.10. The second kappa shape index (κ2) is 7.40. The summed E-state index contributed by atoms with van der Waals surface area (Å²) in [6, 6.07) is 9.52. The van der Waals surface area contributed by atoms with Crippen molar-refractivity contribution >= 4 is 11.7 Å². The van der Waals surface area contributed by atoms with E-state index in [0.717, 1.165) is 24.5 Å². The highest BCUT2D eigenvalue weighted by Crippen LogP contribution is 2.22. The molecule has 6 heteroatoms. The molecule has 0 radical (unpaired) electrons. The van der Waals surface area contributed by atoms with Gasteiger partial charge in [0.15, 0.2) is 0 Å². The smallest absolute Gasteiger partial charge is 0.227 e. The predicted octanol–water partition coefficient (Wildman–Crippen LogP) is 1.46. The lowest BCUT2D eigenvalue weighted by molar-refractivity contribution is -0.136. The van der Waals surface area contributed by atoms with Crippen molar-refractivity contribution in [1.82, 2.24) is 14.9 Å². The summed E-state index contributed by atoms with van der Waals surface area (Å²) in [5, 5.41) is 0. The van der Waals surface area contributed by atoms with Crippen molar-refractivity contribution in [1.29, 1.82) is 0 Å². The van der Waals surface area contributed by atoms with Crippen molar-refractivity contribution in [2.75, 3.05) is 31.1 Å². The van der Waals surface area contributed by atoms with Gasteiger partial charge in [-0.1, -0.05) is 37.3 Å². The Bertz CT molecular complexity index is 656. The molecular weight excluding hydrogens is 302 g/mol. The number of rotatable bonds is 4. The summed E-state index contributed by atoms with van der Waals surface area (Å²) < 4.78 is 0. The van der Waals surface area contributed by atoms with Gasteiger partial charge in [0.2, 0.25) is 5.91 Å². The number of benzene rings is 1. The lowest BCUT2D eigenvalue weighted by Crippen LogP contribution is -2.51. The van der Waals surface area contributed by atoms with Gasteiger partial charge in [0.25, 0.3) is 0 Å². The molecule has 24 heavy (non-hydrogen) atoms. The molecule has 2 aromatic rings. The molecule has 0 spiro atoms. The van der Waals surface area contributed by atoms with E-state index < -0.39 is 0 Å². The Morgan fingerprint density at radius 3 is 2.46 bits per heavy atom. The Morgan fingerprint density at radius 1 is 1.12 bits per heavy atom. The maximum atomic E-state index is 12.8. The van der Waals surface area contributed by atoms with Crippen molar-refractivity contribution in [2.24, 2.45) is 11.7 Å². The van der Waals surface area contributed by atoms with E-state index in [0.29, 0.717) is 13.1 Å². The van der Waals surface area contributed by atoms with Crippen LogP contribution >= 0.6 is 0 Å². The lowest BCUT2D eigenvalue weighted by Gasteiger charge is -2.37. The first-order valence-corrected chi connectivity index (χ1v) is 8.27. The average molecular weight is 325 g/mol. The van der Waals surface area contributed by atoms with E-state index in [4.69, 9.17) is 5.73 Å². The predicted molar refractivity (Wildman–Crippen MR) is 93.4 cm³/mol. The Kier molecular flexibility index (Phi) is 5.05. The fourth-order valence-corrected chi connectivity index (χ4v) is 3.02. The van der Waals surface area contributed by atoms with Crippen LogP contribution in [0, 0.1) is 5.92 Å². The van der Waals surface area contributed by atoms with Crippen molar-refractivity contribution < 1.29 is 4.79 Å². The molecule has 126 valence electrons. The maximum absolute atomic E-state index is 12.8. The number of hydrogen-bond donors (Lipinski definition) is 1. The Morgan fingerprint density at radius 2 is 1.83 bits per heavy atom. The second-order valence-electron chi connectivity index (χ2n) is 6.10. The molecule has 1 aliphatic rings. The van der Waals surface area contributed by atoms with E-state index >= 15 is 0 Å². The fraction of sp³-hybridized carbons (Fsp3) is 0.389. The molecule has 3 rings (SSSR count). The van der Waals surface area contributed by atoms with Gasteiger partial charge in [-0.3, -0.25) is 9.78 Å².